The molecule has 2 heterocycles. The Labute approximate surface area is 177 Å². The molecule has 0 spiro atoms. The molecule has 2 aromatic heterocycles. The lowest BCUT2D eigenvalue weighted by atomic mass is 10.00. The fraction of sp³-hybridized carbons (Fsp3) is 0.409. The van der Waals surface area contributed by atoms with Crippen LogP contribution in [0.5, 0.6) is 0 Å². The van der Waals surface area contributed by atoms with Crippen LogP contribution < -0.4 is 10.6 Å². The van der Waals surface area contributed by atoms with Gasteiger partial charge in [-0.1, -0.05) is 18.2 Å². The van der Waals surface area contributed by atoms with Crippen molar-refractivity contribution in [3.63, 3.8) is 0 Å². The van der Waals surface area contributed by atoms with Gasteiger partial charge in [0.25, 0.3) is 0 Å². The van der Waals surface area contributed by atoms with Crippen molar-refractivity contribution in [1.29, 1.82) is 0 Å². The number of rotatable bonds is 7. The average molecular weight is 410 g/mol. The van der Waals surface area contributed by atoms with E-state index in [4.69, 9.17) is 4.99 Å². The molecular formula is C22H31N7O. The van der Waals surface area contributed by atoms with Gasteiger partial charge >= 0.3 is 0 Å². The number of aliphatic imine (C=N–C) groups is 1. The lowest BCUT2D eigenvalue weighted by molar-refractivity contribution is 0.0616. The van der Waals surface area contributed by atoms with Crippen LogP contribution in [0.1, 0.15) is 36.4 Å². The molecule has 8 heteroatoms. The number of hydrogen-bond acceptors (Lipinski definition) is 4. The average Bonchev–Trinajstić information content (AvgIpc) is 3.29. The number of nitrogens with one attached hydrogen (secondary N) is 2. The number of aliphatic hydroxyl groups is 1. The Kier molecular flexibility index (Phi) is 6.56. The molecule has 3 rings (SSSR count). The maximum Gasteiger partial charge on any atom is 0.191 e. The number of aromatic nitrogens is 4. The minimum absolute atomic E-state index is 0.311. The van der Waals surface area contributed by atoms with E-state index in [2.05, 4.69) is 27.8 Å². The van der Waals surface area contributed by atoms with Crippen LogP contribution in [-0.2, 0) is 19.2 Å². The van der Waals surface area contributed by atoms with Gasteiger partial charge in [0.15, 0.2) is 5.96 Å². The molecular weight excluding hydrogens is 378 g/mol. The monoisotopic (exact) mass is 409 g/mol. The number of guanidine groups is 1. The van der Waals surface area contributed by atoms with Gasteiger partial charge in [0.05, 0.1) is 30.7 Å². The number of aryl methyl sites for hydroxylation is 2. The second-order valence-corrected chi connectivity index (χ2v) is 7.62. The molecule has 0 radical (unpaired) electrons. The summed E-state index contributed by atoms with van der Waals surface area (Å²) in [6, 6.07) is 10.1. The Morgan fingerprint density at radius 1 is 1.20 bits per heavy atom. The van der Waals surface area contributed by atoms with Crippen LogP contribution in [0.15, 0.2) is 47.7 Å². The topological polar surface area (TPSA) is 92.3 Å². The number of hydrogen-bond donors (Lipinski definition) is 3. The van der Waals surface area contributed by atoms with Gasteiger partial charge in [-0.15, -0.1) is 0 Å². The van der Waals surface area contributed by atoms with E-state index < -0.39 is 5.60 Å². The minimum Gasteiger partial charge on any atom is -0.383 e. The van der Waals surface area contributed by atoms with E-state index in [1.165, 1.54) is 0 Å². The van der Waals surface area contributed by atoms with Gasteiger partial charge in [-0.2, -0.15) is 10.2 Å². The Bertz CT molecular complexity index is 1000. The standard InChI is InChI=1S/C22H31N7O/c1-6-23-21(25-15-22(4,30)18-12-26-28(5)14-18)24-13-20-16(2)27-29(17(20)3)19-10-8-7-9-11-19/h7-12,14,30H,6,13,15H2,1-5H3,(H2,23,24,25). The third kappa shape index (κ3) is 4.88. The van der Waals surface area contributed by atoms with E-state index in [1.54, 1.807) is 17.8 Å². The number of benzene rings is 1. The largest absolute Gasteiger partial charge is 0.383 e. The predicted molar refractivity (Wildman–Crippen MR) is 119 cm³/mol. The fourth-order valence-corrected chi connectivity index (χ4v) is 3.28. The smallest absolute Gasteiger partial charge is 0.191 e. The van der Waals surface area contributed by atoms with Crippen molar-refractivity contribution in [2.45, 2.75) is 39.8 Å². The zero-order chi connectivity index (χ0) is 21.7. The molecule has 1 aromatic carbocycles. The normalized spacial score (nSPS) is 13.9. The highest BCUT2D eigenvalue weighted by Gasteiger charge is 2.25. The third-order valence-electron chi connectivity index (χ3n) is 5.11. The van der Waals surface area contributed by atoms with Gasteiger partial charge < -0.3 is 15.7 Å². The molecule has 0 saturated heterocycles. The molecule has 0 saturated carbocycles. The quantitative estimate of drug-likeness (QED) is 0.411. The zero-order valence-electron chi connectivity index (χ0n) is 18.3. The summed E-state index contributed by atoms with van der Waals surface area (Å²) < 4.78 is 3.63. The summed E-state index contributed by atoms with van der Waals surface area (Å²) in [6.45, 7) is 9.37. The summed E-state index contributed by atoms with van der Waals surface area (Å²) in [5.41, 5.74) is 3.85. The van der Waals surface area contributed by atoms with E-state index >= 15 is 0 Å². The van der Waals surface area contributed by atoms with E-state index in [1.807, 2.05) is 62.1 Å². The number of para-hydroxylation sites is 1. The van der Waals surface area contributed by atoms with Crippen LogP contribution in [0.3, 0.4) is 0 Å². The first-order valence-corrected chi connectivity index (χ1v) is 10.2. The second-order valence-electron chi connectivity index (χ2n) is 7.62. The molecule has 1 atom stereocenters. The highest BCUT2D eigenvalue weighted by Crippen LogP contribution is 2.20. The molecule has 0 aliphatic rings. The summed E-state index contributed by atoms with van der Waals surface area (Å²) >= 11 is 0. The van der Waals surface area contributed by atoms with Crippen LogP contribution in [-0.4, -0.2) is 43.7 Å². The van der Waals surface area contributed by atoms with Crippen molar-refractivity contribution in [2.24, 2.45) is 12.0 Å². The molecule has 0 amide bonds. The molecule has 0 bridgehead atoms. The summed E-state index contributed by atoms with van der Waals surface area (Å²) in [6.07, 6.45) is 3.49. The van der Waals surface area contributed by atoms with Crippen molar-refractivity contribution in [3.8, 4) is 5.69 Å². The Morgan fingerprint density at radius 3 is 2.57 bits per heavy atom. The van der Waals surface area contributed by atoms with Crippen molar-refractivity contribution < 1.29 is 5.11 Å². The van der Waals surface area contributed by atoms with Crippen LogP contribution in [0, 0.1) is 13.8 Å². The summed E-state index contributed by atoms with van der Waals surface area (Å²) in [7, 11) is 1.83. The molecule has 1 unspecified atom stereocenters. The zero-order valence-corrected chi connectivity index (χ0v) is 18.3. The van der Waals surface area contributed by atoms with Gasteiger partial charge in [0, 0.05) is 36.6 Å². The maximum atomic E-state index is 10.8. The molecule has 3 N–H and O–H groups in total. The minimum atomic E-state index is -1.06. The van der Waals surface area contributed by atoms with Crippen molar-refractivity contribution in [2.75, 3.05) is 13.1 Å². The molecule has 0 fully saturated rings. The molecule has 30 heavy (non-hydrogen) atoms. The van der Waals surface area contributed by atoms with Gasteiger partial charge in [0.2, 0.25) is 0 Å². The van der Waals surface area contributed by atoms with Crippen LogP contribution in [0.4, 0.5) is 0 Å². The Balaban J connectivity index is 1.74. The summed E-state index contributed by atoms with van der Waals surface area (Å²) in [5, 5.41) is 26.1. The predicted octanol–water partition coefficient (Wildman–Crippen LogP) is 2.19. The Hall–Kier alpha value is -3.13. The molecule has 0 aliphatic carbocycles. The van der Waals surface area contributed by atoms with Crippen molar-refractivity contribution >= 4 is 5.96 Å². The second kappa shape index (κ2) is 9.13. The van der Waals surface area contributed by atoms with Gasteiger partial charge in [-0.25, -0.2) is 9.67 Å². The van der Waals surface area contributed by atoms with E-state index in [-0.39, 0.29) is 0 Å². The SMILES string of the molecule is CCNC(=NCc1c(C)nn(-c2ccccc2)c1C)NCC(C)(O)c1cnn(C)c1. The lowest BCUT2D eigenvalue weighted by Gasteiger charge is -2.23. The first kappa shape index (κ1) is 21.6. The maximum absolute atomic E-state index is 10.8. The van der Waals surface area contributed by atoms with E-state index in [0.717, 1.165) is 34.7 Å². The van der Waals surface area contributed by atoms with Crippen LogP contribution >= 0.6 is 0 Å². The molecule has 8 nitrogen and oxygen atoms in total. The van der Waals surface area contributed by atoms with Crippen LogP contribution in [0.25, 0.3) is 5.69 Å². The van der Waals surface area contributed by atoms with Gasteiger partial charge in [0.1, 0.15) is 5.60 Å². The third-order valence-corrected chi connectivity index (χ3v) is 5.11. The summed E-state index contributed by atoms with van der Waals surface area (Å²) in [5.74, 6) is 0.646. The lowest BCUT2D eigenvalue weighted by Crippen LogP contribution is -2.44. The van der Waals surface area contributed by atoms with Crippen molar-refractivity contribution in [3.05, 3.63) is 65.2 Å². The van der Waals surface area contributed by atoms with Gasteiger partial charge in [-0.3, -0.25) is 4.68 Å². The highest BCUT2D eigenvalue weighted by molar-refractivity contribution is 5.79. The highest BCUT2D eigenvalue weighted by atomic mass is 16.3. The van der Waals surface area contributed by atoms with Gasteiger partial charge in [-0.05, 0) is 39.8 Å². The first-order chi connectivity index (χ1) is 14.3. The molecule has 0 aliphatic heterocycles. The first-order valence-electron chi connectivity index (χ1n) is 10.2. The van der Waals surface area contributed by atoms with E-state index in [0.29, 0.717) is 19.0 Å². The van der Waals surface area contributed by atoms with E-state index in [9.17, 15) is 5.11 Å². The number of nitrogens with zero attached hydrogens (tertiary/aromatic N) is 5. The fourth-order valence-electron chi connectivity index (χ4n) is 3.28. The van der Waals surface area contributed by atoms with Crippen LogP contribution in [0.2, 0.25) is 0 Å². The Morgan fingerprint density at radius 2 is 1.93 bits per heavy atom. The van der Waals surface area contributed by atoms with Crippen molar-refractivity contribution in [1.82, 2.24) is 30.2 Å². The molecule has 3 aromatic rings. The summed E-state index contributed by atoms with van der Waals surface area (Å²) in [4.78, 5) is 4.72. The molecule has 160 valence electrons.